The average molecular weight is 484 g/mol. The van der Waals surface area contributed by atoms with Crippen LogP contribution in [0.15, 0.2) is 42.7 Å². The summed E-state index contributed by atoms with van der Waals surface area (Å²) in [6.45, 7) is 2.31. The minimum Gasteiger partial charge on any atom is -0.384 e. The molecule has 0 saturated heterocycles. The number of aromatic nitrogens is 3. The summed E-state index contributed by atoms with van der Waals surface area (Å²) in [5, 5.41) is 9.13. The van der Waals surface area contributed by atoms with Gasteiger partial charge in [-0.1, -0.05) is 12.2 Å². The molecule has 10 heteroatoms. The number of rotatable bonds is 11. The second kappa shape index (κ2) is 10.0. The zero-order valence-electron chi connectivity index (χ0n) is 19.6. The molecule has 0 spiro atoms. The molecule has 1 aliphatic rings. The zero-order chi connectivity index (χ0) is 24.3. The van der Waals surface area contributed by atoms with Gasteiger partial charge in [0.1, 0.15) is 5.69 Å². The SMILES string of the molecule is CN(C)CCn1nc2c3c(c(NCC/C=C/CCOS(C)(=O)=O)ccc31)C(=O)c1ccncc1-2. The van der Waals surface area contributed by atoms with Gasteiger partial charge >= 0.3 is 0 Å². The third kappa shape index (κ3) is 5.19. The molecule has 0 saturated carbocycles. The first-order valence-electron chi connectivity index (χ1n) is 11.2. The Morgan fingerprint density at radius 1 is 1.15 bits per heavy atom. The Morgan fingerprint density at radius 3 is 2.71 bits per heavy atom. The first kappa shape index (κ1) is 24.1. The van der Waals surface area contributed by atoms with Gasteiger partial charge < -0.3 is 10.2 Å². The molecule has 9 nitrogen and oxygen atoms in total. The number of benzene rings is 1. The largest absolute Gasteiger partial charge is 0.384 e. The number of hydrogen-bond donors (Lipinski definition) is 1. The van der Waals surface area contributed by atoms with Crippen LogP contribution in [0.25, 0.3) is 22.2 Å². The molecule has 180 valence electrons. The van der Waals surface area contributed by atoms with Crippen molar-refractivity contribution in [1.82, 2.24) is 19.7 Å². The van der Waals surface area contributed by atoms with E-state index in [2.05, 4.69) is 15.2 Å². The zero-order valence-corrected chi connectivity index (χ0v) is 20.4. The lowest BCUT2D eigenvalue weighted by Crippen LogP contribution is -2.19. The predicted molar refractivity (Wildman–Crippen MR) is 133 cm³/mol. The minimum absolute atomic E-state index is 0.0291. The molecule has 3 aromatic rings. The fourth-order valence-electron chi connectivity index (χ4n) is 4.02. The lowest BCUT2D eigenvalue weighted by Gasteiger charge is -2.18. The van der Waals surface area contributed by atoms with Crippen LogP contribution in [-0.4, -0.2) is 73.9 Å². The molecule has 0 amide bonds. The van der Waals surface area contributed by atoms with Crippen LogP contribution in [0.1, 0.15) is 28.8 Å². The van der Waals surface area contributed by atoms with Crippen molar-refractivity contribution in [3.05, 3.63) is 53.9 Å². The third-order valence-electron chi connectivity index (χ3n) is 5.60. The van der Waals surface area contributed by atoms with E-state index in [1.807, 2.05) is 43.1 Å². The summed E-state index contributed by atoms with van der Waals surface area (Å²) < 4.78 is 28.6. The predicted octanol–water partition coefficient (Wildman–Crippen LogP) is 2.93. The Kier molecular flexibility index (Phi) is 7.11. The molecule has 0 radical (unpaired) electrons. The maximum absolute atomic E-state index is 13.5. The van der Waals surface area contributed by atoms with Gasteiger partial charge in [0.2, 0.25) is 0 Å². The molecule has 0 unspecified atom stereocenters. The van der Waals surface area contributed by atoms with Crippen molar-refractivity contribution in [2.24, 2.45) is 0 Å². The normalized spacial score (nSPS) is 13.2. The van der Waals surface area contributed by atoms with E-state index in [0.717, 1.165) is 47.1 Å². The lowest BCUT2D eigenvalue weighted by molar-refractivity contribution is 0.104. The van der Waals surface area contributed by atoms with E-state index in [9.17, 15) is 13.2 Å². The Labute approximate surface area is 199 Å². The topological polar surface area (TPSA) is 106 Å². The first-order valence-corrected chi connectivity index (χ1v) is 13.0. The van der Waals surface area contributed by atoms with E-state index < -0.39 is 10.1 Å². The van der Waals surface area contributed by atoms with Gasteiger partial charge in [-0.15, -0.1) is 0 Å². The van der Waals surface area contributed by atoms with Crippen molar-refractivity contribution in [2.75, 3.05) is 45.4 Å². The number of carbonyl (C=O) groups is 1. The summed E-state index contributed by atoms with van der Waals surface area (Å²) in [4.78, 5) is 19.8. The van der Waals surface area contributed by atoms with Gasteiger partial charge in [0.25, 0.3) is 10.1 Å². The number of ketones is 1. The van der Waals surface area contributed by atoms with Crippen LogP contribution in [0.5, 0.6) is 0 Å². The summed E-state index contributed by atoms with van der Waals surface area (Å²) in [6.07, 6.45) is 9.49. The molecular formula is C24H29N5O4S. The van der Waals surface area contributed by atoms with Crippen molar-refractivity contribution in [3.8, 4) is 11.3 Å². The maximum atomic E-state index is 13.5. The standard InChI is InChI=1S/C24H29N5O4S/c1-28(2)13-14-29-20-9-8-19(26-11-6-4-5-7-15-33-34(3,31)32)21-22(20)23(27-29)18-16-25-12-10-17(18)24(21)30/h4-5,8-10,12,16,26H,6-7,11,13-15H2,1-3H3/b5-4+. The van der Waals surface area contributed by atoms with Crippen molar-refractivity contribution in [3.63, 3.8) is 0 Å². The van der Waals surface area contributed by atoms with Crippen molar-refractivity contribution in [1.29, 1.82) is 0 Å². The number of carbonyl (C=O) groups excluding carboxylic acids is 1. The van der Waals surface area contributed by atoms with Gasteiger partial charge in [-0.3, -0.25) is 18.6 Å². The van der Waals surface area contributed by atoms with Gasteiger partial charge in [0, 0.05) is 47.7 Å². The average Bonchev–Trinajstić information content (AvgIpc) is 3.16. The van der Waals surface area contributed by atoms with Gasteiger partial charge in [0.05, 0.1) is 30.5 Å². The number of fused-ring (bicyclic) bond motifs is 2. The molecule has 1 aromatic carbocycles. The molecule has 0 atom stereocenters. The number of anilines is 1. The highest BCUT2D eigenvalue weighted by Crippen LogP contribution is 2.41. The molecule has 0 fully saturated rings. The Hall–Kier alpha value is -3.08. The molecule has 0 aliphatic heterocycles. The summed E-state index contributed by atoms with van der Waals surface area (Å²) >= 11 is 0. The fraction of sp³-hybridized carbons (Fsp3) is 0.375. The van der Waals surface area contributed by atoms with Crippen LogP contribution in [0.4, 0.5) is 5.69 Å². The van der Waals surface area contributed by atoms with E-state index in [1.54, 1.807) is 18.5 Å². The second-order valence-electron chi connectivity index (χ2n) is 8.51. The highest BCUT2D eigenvalue weighted by Gasteiger charge is 2.31. The van der Waals surface area contributed by atoms with Crippen LogP contribution >= 0.6 is 0 Å². The van der Waals surface area contributed by atoms with E-state index in [-0.39, 0.29) is 12.4 Å². The molecule has 2 heterocycles. The smallest absolute Gasteiger partial charge is 0.264 e. The van der Waals surface area contributed by atoms with Crippen LogP contribution in [0, 0.1) is 0 Å². The molecule has 1 N–H and O–H groups in total. The number of hydrogen-bond acceptors (Lipinski definition) is 8. The monoisotopic (exact) mass is 483 g/mol. The Morgan fingerprint density at radius 2 is 1.94 bits per heavy atom. The van der Waals surface area contributed by atoms with E-state index in [1.165, 1.54) is 0 Å². The van der Waals surface area contributed by atoms with Crippen LogP contribution in [0.3, 0.4) is 0 Å². The van der Waals surface area contributed by atoms with Gasteiger partial charge in [-0.05, 0) is 45.1 Å². The summed E-state index contributed by atoms with van der Waals surface area (Å²) in [7, 11) is 0.638. The highest BCUT2D eigenvalue weighted by atomic mass is 32.2. The number of likely N-dealkylation sites (N-methyl/N-ethyl adjacent to an activating group) is 1. The summed E-state index contributed by atoms with van der Waals surface area (Å²) in [6, 6.07) is 5.72. The molecule has 2 aromatic heterocycles. The van der Waals surface area contributed by atoms with Crippen molar-refractivity contribution < 1.29 is 17.4 Å². The van der Waals surface area contributed by atoms with Crippen LogP contribution < -0.4 is 5.32 Å². The maximum Gasteiger partial charge on any atom is 0.264 e. The number of nitrogens with zero attached hydrogens (tertiary/aromatic N) is 4. The van der Waals surface area contributed by atoms with Gasteiger partial charge in [0.15, 0.2) is 5.78 Å². The summed E-state index contributed by atoms with van der Waals surface area (Å²) in [5.74, 6) is -0.0291. The first-order chi connectivity index (χ1) is 16.3. The Bertz CT molecular complexity index is 1340. The fourth-order valence-corrected chi connectivity index (χ4v) is 4.42. The van der Waals surface area contributed by atoms with Crippen LogP contribution in [0.2, 0.25) is 0 Å². The van der Waals surface area contributed by atoms with Gasteiger partial charge in [-0.25, -0.2) is 0 Å². The Balaban J connectivity index is 1.56. The third-order valence-corrected chi connectivity index (χ3v) is 6.20. The van der Waals surface area contributed by atoms with Crippen molar-refractivity contribution in [2.45, 2.75) is 19.4 Å². The lowest BCUT2D eigenvalue weighted by atomic mass is 9.87. The van der Waals surface area contributed by atoms with E-state index in [4.69, 9.17) is 9.28 Å². The van der Waals surface area contributed by atoms with Gasteiger partial charge in [-0.2, -0.15) is 13.5 Å². The van der Waals surface area contributed by atoms with Crippen LogP contribution in [-0.2, 0) is 20.8 Å². The highest BCUT2D eigenvalue weighted by molar-refractivity contribution is 7.85. The minimum atomic E-state index is -3.41. The van der Waals surface area contributed by atoms with E-state index >= 15 is 0 Å². The molecule has 1 aliphatic carbocycles. The van der Waals surface area contributed by atoms with Crippen molar-refractivity contribution >= 4 is 32.5 Å². The quantitative estimate of drug-likeness (QED) is 0.197. The number of pyridine rings is 1. The summed E-state index contributed by atoms with van der Waals surface area (Å²) in [5.41, 5.74) is 4.54. The number of nitrogens with one attached hydrogen (secondary N) is 1. The molecule has 34 heavy (non-hydrogen) atoms. The molecular weight excluding hydrogens is 454 g/mol. The second-order valence-corrected chi connectivity index (χ2v) is 10.2. The molecule has 0 bridgehead atoms. The van der Waals surface area contributed by atoms with E-state index in [0.29, 0.717) is 30.6 Å². The molecule has 4 rings (SSSR count).